The number of nitrogens with zero attached hydrogens (tertiary/aromatic N) is 3. The topological polar surface area (TPSA) is 99.7 Å². The number of rotatable bonds is 2. The summed E-state index contributed by atoms with van der Waals surface area (Å²) in [6.07, 6.45) is 2.24. The maximum Gasteiger partial charge on any atom is 0.320 e. The summed E-state index contributed by atoms with van der Waals surface area (Å²) >= 11 is 7.34. The van der Waals surface area contributed by atoms with E-state index in [0.29, 0.717) is 23.1 Å². The number of fused-ring (bicyclic) bond motifs is 1. The molecule has 0 radical (unpaired) electrons. The Bertz CT molecular complexity index is 1040. The lowest BCUT2D eigenvalue weighted by Gasteiger charge is -2.39. The number of piperidine rings is 1. The molecule has 156 valence electrons. The van der Waals surface area contributed by atoms with Crippen LogP contribution in [0.3, 0.4) is 0 Å². The van der Waals surface area contributed by atoms with Crippen LogP contribution in [0.1, 0.15) is 19.3 Å². The summed E-state index contributed by atoms with van der Waals surface area (Å²) in [5.41, 5.74) is 0.751. The van der Waals surface area contributed by atoms with Crippen LogP contribution < -0.4 is 5.32 Å². The van der Waals surface area contributed by atoms with Gasteiger partial charge in [0.2, 0.25) is 5.91 Å². The summed E-state index contributed by atoms with van der Waals surface area (Å²) in [6.45, 7) is 0.824. The number of aromatic nitrogens is 1. The van der Waals surface area contributed by atoms with Crippen molar-refractivity contribution in [2.75, 3.05) is 36.5 Å². The maximum absolute atomic E-state index is 13.0. The molecule has 3 amide bonds. The molecule has 0 aliphatic carbocycles. The third kappa shape index (κ3) is 4.49. The molecule has 3 heterocycles. The highest BCUT2D eigenvalue weighted by Gasteiger charge is 2.36. The molecule has 1 aromatic heterocycles. The normalized spacial score (nSPS) is 21.9. The first-order chi connectivity index (χ1) is 13.8. The number of amides is 3. The van der Waals surface area contributed by atoms with Gasteiger partial charge < -0.3 is 15.1 Å². The fourth-order valence-electron chi connectivity index (χ4n) is 3.66. The van der Waals surface area contributed by atoms with Gasteiger partial charge in [0.25, 0.3) is 0 Å². The van der Waals surface area contributed by atoms with E-state index in [1.54, 1.807) is 23.1 Å². The molecule has 2 aliphatic rings. The molecule has 2 saturated heterocycles. The Balaban J connectivity index is 1.47. The van der Waals surface area contributed by atoms with Gasteiger partial charge in [0.1, 0.15) is 6.04 Å². The Labute approximate surface area is 177 Å². The molecule has 29 heavy (non-hydrogen) atoms. The highest BCUT2D eigenvalue weighted by atomic mass is 35.5. The minimum atomic E-state index is -3.07. The van der Waals surface area contributed by atoms with Crippen LogP contribution >= 0.6 is 22.9 Å². The van der Waals surface area contributed by atoms with E-state index in [2.05, 4.69) is 10.3 Å². The molecule has 11 heteroatoms. The van der Waals surface area contributed by atoms with Crippen molar-refractivity contribution in [1.82, 2.24) is 14.8 Å². The zero-order chi connectivity index (χ0) is 20.6. The lowest BCUT2D eigenvalue weighted by molar-refractivity contribution is -0.121. The number of benzene rings is 1. The number of sulfone groups is 1. The van der Waals surface area contributed by atoms with E-state index in [4.69, 9.17) is 11.6 Å². The van der Waals surface area contributed by atoms with Gasteiger partial charge in [0, 0.05) is 24.7 Å². The molecular formula is C18H21ClN4O4S2. The molecule has 1 N–H and O–H groups in total. The largest absolute Gasteiger partial charge is 0.323 e. The zero-order valence-corrected chi connectivity index (χ0v) is 18.0. The van der Waals surface area contributed by atoms with E-state index < -0.39 is 15.9 Å². The number of likely N-dealkylation sites (tertiary alicyclic amines) is 1. The summed E-state index contributed by atoms with van der Waals surface area (Å²) in [6, 6.07) is 4.48. The smallest absolute Gasteiger partial charge is 0.320 e. The second-order valence-corrected chi connectivity index (χ2v) is 11.0. The van der Waals surface area contributed by atoms with Gasteiger partial charge in [0.05, 0.1) is 21.7 Å². The maximum atomic E-state index is 13.0. The fraction of sp³-hybridized carbons (Fsp3) is 0.500. The number of nitrogens with one attached hydrogen (secondary N) is 1. The van der Waals surface area contributed by atoms with Crippen LogP contribution in [0.5, 0.6) is 0 Å². The fourth-order valence-corrected chi connectivity index (χ4v) is 6.01. The van der Waals surface area contributed by atoms with Gasteiger partial charge in [-0.15, -0.1) is 0 Å². The molecule has 8 nitrogen and oxygen atoms in total. The van der Waals surface area contributed by atoms with Gasteiger partial charge >= 0.3 is 6.03 Å². The van der Waals surface area contributed by atoms with Crippen LogP contribution in [-0.2, 0) is 14.6 Å². The van der Waals surface area contributed by atoms with Crippen molar-refractivity contribution in [2.24, 2.45) is 0 Å². The Kier molecular flexibility index (Phi) is 5.67. The molecule has 2 aliphatic heterocycles. The molecule has 2 aromatic rings. The first-order valence-corrected chi connectivity index (χ1v) is 12.5. The quantitative estimate of drug-likeness (QED) is 0.748. The number of urea groups is 1. The summed E-state index contributed by atoms with van der Waals surface area (Å²) in [5.74, 6) is -0.331. The van der Waals surface area contributed by atoms with Gasteiger partial charge in [-0.25, -0.2) is 18.2 Å². The van der Waals surface area contributed by atoms with Crippen LogP contribution in [-0.4, -0.2) is 72.3 Å². The van der Waals surface area contributed by atoms with E-state index >= 15 is 0 Å². The zero-order valence-electron chi connectivity index (χ0n) is 15.6. The van der Waals surface area contributed by atoms with E-state index in [0.717, 1.165) is 23.1 Å². The number of hydrogen-bond donors (Lipinski definition) is 1. The highest BCUT2D eigenvalue weighted by Crippen LogP contribution is 2.29. The minimum absolute atomic E-state index is 0.0301. The second kappa shape index (κ2) is 8.08. The Morgan fingerprint density at radius 2 is 1.93 bits per heavy atom. The summed E-state index contributed by atoms with van der Waals surface area (Å²) < 4.78 is 24.1. The predicted octanol–water partition coefficient (Wildman–Crippen LogP) is 2.59. The van der Waals surface area contributed by atoms with Crippen LogP contribution in [0, 0.1) is 0 Å². The average molecular weight is 457 g/mol. The van der Waals surface area contributed by atoms with Crippen LogP contribution in [0.4, 0.5) is 9.93 Å². The van der Waals surface area contributed by atoms with Crippen molar-refractivity contribution < 1.29 is 18.0 Å². The predicted molar refractivity (Wildman–Crippen MR) is 113 cm³/mol. The van der Waals surface area contributed by atoms with Gasteiger partial charge in [-0.3, -0.25) is 4.79 Å². The molecule has 0 spiro atoms. The molecule has 0 saturated carbocycles. The third-order valence-corrected chi connectivity index (χ3v) is 8.02. The van der Waals surface area contributed by atoms with Gasteiger partial charge in [-0.1, -0.05) is 22.9 Å². The first kappa shape index (κ1) is 20.4. The van der Waals surface area contributed by atoms with Crippen molar-refractivity contribution >= 4 is 60.1 Å². The van der Waals surface area contributed by atoms with Crippen molar-refractivity contribution in [2.45, 2.75) is 25.3 Å². The number of anilines is 1. The number of hydrogen-bond acceptors (Lipinski definition) is 6. The van der Waals surface area contributed by atoms with E-state index in [9.17, 15) is 18.0 Å². The average Bonchev–Trinajstić information content (AvgIpc) is 3.08. The van der Waals surface area contributed by atoms with Crippen molar-refractivity contribution in [3.8, 4) is 0 Å². The standard InChI is InChI=1S/C18H21ClN4O4S2/c19-12-4-5-13-15(11-12)28-17(20-13)21-16(24)14-3-1-2-6-23(14)18(25)22-7-9-29(26,27)10-8-22/h4-5,11,14H,1-3,6-10H2,(H,20,21,24)/t14-/m0/s1. The van der Waals surface area contributed by atoms with Crippen LogP contribution in [0.2, 0.25) is 5.02 Å². The van der Waals surface area contributed by atoms with Crippen molar-refractivity contribution in [3.05, 3.63) is 23.2 Å². The summed E-state index contributed by atoms with van der Waals surface area (Å²) in [7, 11) is -3.07. The third-order valence-electron chi connectivity index (χ3n) is 5.25. The molecule has 2 fully saturated rings. The number of halogens is 1. The van der Waals surface area contributed by atoms with Crippen LogP contribution in [0.25, 0.3) is 10.2 Å². The van der Waals surface area contributed by atoms with Crippen LogP contribution in [0.15, 0.2) is 18.2 Å². The van der Waals surface area contributed by atoms with Gasteiger partial charge in [-0.2, -0.15) is 0 Å². The Morgan fingerprint density at radius 1 is 1.17 bits per heavy atom. The Morgan fingerprint density at radius 3 is 2.69 bits per heavy atom. The number of carbonyl (C=O) groups excluding carboxylic acids is 2. The van der Waals surface area contributed by atoms with Gasteiger partial charge in [0.15, 0.2) is 15.0 Å². The molecule has 1 aromatic carbocycles. The van der Waals surface area contributed by atoms with E-state index in [1.165, 1.54) is 16.2 Å². The van der Waals surface area contributed by atoms with Crippen molar-refractivity contribution in [1.29, 1.82) is 0 Å². The van der Waals surface area contributed by atoms with Gasteiger partial charge in [-0.05, 0) is 37.5 Å². The number of carbonyl (C=O) groups is 2. The molecule has 0 unspecified atom stereocenters. The van der Waals surface area contributed by atoms with E-state index in [1.807, 2.05) is 0 Å². The molecular weight excluding hydrogens is 436 g/mol. The monoisotopic (exact) mass is 456 g/mol. The second-order valence-electron chi connectivity index (χ2n) is 7.25. The lowest BCUT2D eigenvalue weighted by atomic mass is 10.0. The van der Waals surface area contributed by atoms with E-state index in [-0.39, 0.29) is 36.5 Å². The minimum Gasteiger partial charge on any atom is -0.323 e. The van der Waals surface area contributed by atoms with Crippen molar-refractivity contribution in [3.63, 3.8) is 0 Å². The Hall–Kier alpha value is -1.91. The lowest BCUT2D eigenvalue weighted by Crippen LogP contribution is -2.56. The molecule has 4 rings (SSSR count). The SMILES string of the molecule is O=C(Nc1nc2ccc(Cl)cc2s1)[C@@H]1CCCCN1C(=O)N1CCS(=O)(=O)CC1. The molecule has 1 atom stereocenters. The number of thiazole rings is 1. The molecule has 0 bridgehead atoms. The summed E-state index contributed by atoms with van der Waals surface area (Å²) in [5, 5.41) is 3.91. The highest BCUT2D eigenvalue weighted by molar-refractivity contribution is 7.91. The summed E-state index contributed by atoms with van der Waals surface area (Å²) in [4.78, 5) is 33.4. The first-order valence-electron chi connectivity index (χ1n) is 9.45.